The predicted molar refractivity (Wildman–Crippen MR) is 71.2 cm³/mol. The molecular formula is C10H13N3S2. The zero-order chi connectivity index (χ0) is 11.3. The Labute approximate surface area is 97.5 Å². The minimum atomic E-state index is 0.341. The lowest BCUT2D eigenvalue weighted by molar-refractivity contribution is 1.38. The predicted octanol–water partition coefficient (Wildman–Crippen LogP) is 3.64. The number of benzene rings is 1. The molecule has 0 radical (unpaired) electrons. The Morgan fingerprint density at radius 3 is 2.40 bits per heavy atom. The minimum absolute atomic E-state index is 0.341. The molecule has 3 nitrogen and oxygen atoms in total. The van der Waals surface area contributed by atoms with Gasteiger partial charge in [-0.2, -0.15) is 0 Å². The van der Waals surface area contributed by atoms with E-state index in [1.807, 2.05) is 26.0 Å². The van der Waals surface area contributed by atoms with Gasteiger partial charge in [-0.25, -0.2) is 0 Å². The van der Waals surface area contributed by atoms with Crippen LogP contribution in [0, 0.1) is 24.7 Å². The SMILES string of the molecule is Cc1cc(C)cc(NC(=N)SSC=N)c1. The first-order valence-corrected chi connectivity index (χ1v) is 6.59. The molecular weight excluding hydrogens is 226 g/mol. The van der Waals surface area contributed by atoms with Crippen molar-refractivity contribution in [3.05, 3.63) is 29.3 Å². The van der Waals surface area contributed by atoms with E-state index in [0.717, 1.165) is 5.69 Å². The van der Waals surface area contributed by atoms with Gasteiger partial charge in [0.1, 0.15) is 0 Å². The highest BCUT2D eigenvalue weighted by Crippen LogP contribution is 2.21. The Hall–Kier alpha value is -0.940. The Bertz CT molecular complexity index is 357. The maximum absolute atomic E-state index is 7.60. The molecule has 0 fully saturated rings. The summed E-state index contributed by atoms with van der Waals surface area (Å²) >= 11 is 0. The maximum atomic E-state index is 7.60. The fraction of sp³-hybridized carbons (Fsp3) is 0.200. The van der Waals surface area contributed by atoms with Crippen LogP contribution in [0.3, 0.4) is 0 Å². The molecule has 80 valence electrons. The topological polar surface area (TPSA) is 59.7 Å². The Kier molecular flexibility index (Phi) is 4.71. The smallest absolute Gasteiger partial charge is 0.169 e. The quantitative estimate of drug-likeness (QED) is 0.429. The van der Waals surface area contributed by atoms with Crippen LogP contribution in [0.4, 0.5) is 5.69 Å². The molecule has 0 heterocycles. The molecule has 0 spiro atoms. The number of anilines is 1. The average molecular weight is 239 g/mol. The van der Waals surface area contributed by atoms with Gasteiger partial charge in [0.05, 0.1) is 5.55 Å². The van der Waals surface area contributed by atoms with Crippen LogP contribution in [-0.4, -0.2) is 10.7 Å². The van der Waals surface area contributed by atoms with Gasteiger partial charge in [0.2, 0.25) is 0 Å². The van der Waals surface area contributed by atoms with Crippen LogP contribution in [0.1, 0.15) is 11.1 Å². The van der Waals surface area contributed by atoms with Gasteiger partial charge in [-0.1, -0.05) is 6.07 Å². The van der Waals surface area contributed by atoms with Crippen LogP contribution in [0.2, 0.25) is 0 Å². The first-order chi connectivity index (χ1) is 7.11. The molecule has 1 aromatic carbocycles. The van der Waals surface area contributed by atoms with Gasteiger partial charge in [0.15, 0.2) is 5.17 Å². The van der Waals surface area contributed by atoms with E-state index in [2.05, 4.69) is 11.4 Å². The number of hydrogen-bond donors (Lipinski definition) is 3. The van der Waals surface area contributed by atoms with Crippen LogP contribution in [-0.2, 0) is 0 Å². The Morgan fingerprint density at radius 2 is 1.87 bits per heavy atom. The van der Waals surface area contributed by atoms with E-state index < -0.39 is 0 Å². The average Bonchev–Trinajstić information content (AvgIpc) is 2.13. The fourth-order valence-corrected chi connectivity index (χ4v) is 2.13. The summed E-state index contributed by atoms with van der Waals surface area (Å²) in [7, 11) is 2.44. The summed E-state index contributed by atoms with van der Waals surface area (Å²) in [5, 5.41) is 17.8. The summed E-state index contributed by atoms with van der Waals surface area (Å²) in [6.45, 7) is 4.06. The van der Waals surface area contributed by atoms with Crippen molar-refractivity contribution < 1.29 is 0 Å². The van der Waals surface area contributed by atoms with Crippen molar-refractivity contribution >= 4 is 38.0 Å². The molecule has 0 aliphatic rings. The standard InChI is InChI=1S/C10H13N3S2/c1-7-3-8(2)5-9(4-7)13-10(12)15-14-6-11/h3-6,11H,1-2H3,(H2,12,13). The lowest BCUT2D eigenvalue weighted by atomic mass is 10.1. The van der Waals surface area contributed by atoms with Gasteiger partial charge in [0, 0.05) is 5.69 Å². The molecule has 0 bridgehead atoms. The maximum Gasteiger partial charge on any atom is 0.169 e. The summed E-state index contributed by atoms with van der Waals surface area (Å²) in [6, 6.07) is 6.09. The van der Waals surface area contributed by atoms with Crippen LogP contribution in [0.5, 0.6) is 0 Å². The van der Waals surface area contributed by atoms with Gasteiger partial charge in [0.25, 0.3) is 0 Å². The molecule has 0 atom stereocenters. The van der Waals surface area contributed by atoms with Crippen molar-refractivity contribution in [1.82, 2.24) is 0 Å². The number of aryl methyl sites for hydroxylation is 2. The van der Waals surface area contributed by atoms with E-state index in [1.165, 1.54) is 38.3 Å². The molecule has 0 aliphatic carbocycles. The molecule has 15 heavy (non-hydrogen) atoms. The van der Waals surface area contributed by atoms with E-state index in [-0.39, 0.29) is 0 Å². The van der Waals surface area contributed by atoms with E-state index >= 15 is 0 Å². The third-order valence-corrected chi connectivity index (χ3v) is 3.20. The number of rotatable bonds is 3. The number of hydrogen-bond acceptors (Lipinski definition) is 4. The summed E-state index contributed by atoms with van der Waals surface area (Å²) in [5.41, 5.74) is 4.49. The molecule has 1 rings (SSSR count). The summed E-state index contributed by atoms with van der Waals surface area (Å²) in [6.07, 6.45) is 0. The molecule has 0 unspecified atom stereocenters. The Morgan fingerprint density at radius 1 is 1.27 bits per heavy atom. The third kappa shape index (κ3) is 4.40. The van der Waals surface area contributed by atoms with Gasteiger partial charge >= 0.3 is 0 Å². The molecule has 1 aromatic rings. The zero-order valence-corrected chi connectivity index (χ0v) is 10.3. The van der Waals surface area contributed by atoms with Gasteiger partial charge in [-0.05, 0) is 58.7 Å². The molecule has 0 amide bonds. The number of amidine groups is 1. The van der Waals surface area contributed by atoms with Gasteiger partial charge < -0.3 is 10.7 Å². The zero-order valence-electron chi connectivity index (χ0n) is 8.63. The van der Waals surface area contributed by atoms with Crippen LogP contribution in [0.25, 0.3) is 0 Å². The van der Waals surface area contributed by atoms with E-state index in [4.69, 9.17) is 10.8 Å². The molecule has 0 aromatic heterocycles. The van der Waals surface area contributed by atoms with Crippen molar-refractivity contribution in [3.8, 4) is 0 Å². The second-order valence-corrected chi connectivity index (χ2v) is 5.21. The first kappa shape index (κ1) is 12.1. The highest BCUT2D eigenvalue weighted by atomic mass is 33.1. The fourth-order valence-electron chi connectivity index (χ4n) is 1.27. The molecule has 3 N–H and O–H groups in total. The largest absolute Gasteiger partial charge is 0.334 e. The van der Waals surface area contributed by atoms with Crippen molar-refractivity contribution in [2.45, 2.75) is 13.8 Å². The summed E-state index contributed by atoms with van der Waals surface area (Å²) < 4.78 is 0. The molecule has 0 saturated carbocycles. The monoisotopic (exact) mass is 239 g/mol. The van der Waals surface area contributed by atoms with Crippen LogP contribution >= 0.6 is 21.6 Å². The molecule has 0 saturated heterocycles. The minimum Gasteiger partial charge on any atom is -0.334 e. The Balaban J connectivity index is 2.63. The summed E-state index contributed by atoms with van der Waals surface area (Å²) in [5.74, 6) is 0. The normalized spacial score (nSPS) is 9.73. The highest BCUT2D eigenvalue weighted by molar-refractivity contribution is 8.86. The second kappa shape index (κ2) is 5.82. The van der Waals surface area contributed by atoms with Crippen LogP contribution < -0.4 is 5.32 Å². The second-order valence-electron chi connectivity index (χ2n) is 3.13. The molecule has 0 aliphatic heterocycles. The van der Waals surface area contributed by atoms with Gasteiger partial charge in [-0.15, -0.1) is 0 Å². The summed E-state index contributed by atoms with van der Waals surface area (Å²) in [4.78, 5) is 0. The van der Waals surface area contributed by atoms with E-state index in [9.17, 15) is 0 Å². The van der Waals surface area contributed by atoms with Crippen molar-refractivity contribution in [2.75, 3.05) is 5.32 Å². The van der Waals surface area contributed by atoms with Crippen molar-refractivity contribution in [3.63, 3.8) is 0 Å². The lowest BCUT2D eigenvalue weighted by Crippen LogP contribution is -2.04. The van der Waals surface area contributed by atoms with Crippen molar-refractivity contribution in [2.24, 2.45) is 0 Å². The lowest BCUT2D eigenvalue weighted by Gasteiger charge is -2.07. The third-order valence-electron chi connectivity index (χ3n) is 1.66. The van der Waals surface area contributed by atoms with E-state index in [1.54, 1.807) is 0 Å². The van der Waals surface area contributed by atoms with E-state index in [0.29, 0.717) is 5.17 Å². The first-order valence-electron chi connectivity index (χ1n) is 4.38. The van der Waals surface area contributed by atoms with Gasteiger partial charge in [-0.3, -0.25) is 5.41 Å². The van der Waals surface area contributed by atoms with Crippen molar-refractivity contribution in [1.29, 1.82) is 10.8 Å². The number of nitrogens with one attached hydrogen (secondary N) is 3. The van der Waals surface area contributed by atoms with Crippen LogP contribution in [0.15, 0.2) is 18.2 Å². The molecule has 5 heteroatoms. The highest BCUT2D eigenvalue weighted by Gasteiger charge is 2.00.